The fourth-order valence-corrected chi connectivity index (χ4v) is 0.813. The number of halogens is 4. The molecule has 0 heterocycles. The Hall–Kier alpha value is -0.850. The zero-order valence-corrected chi connectivity index (χ0v) is 7.20. The van der Waals surface area contributed by atoms with Crippen molar-refractivity contribution in [3.05, 3.63) is 0 Å². The fourth-order valence-electron chi connectivity index (χ4n) is 0.813. The van der Waals surface area contributed by atoms with Gasteiger partial charge in [-0.25, -0.2) is 8.78 Å². The molecular weight excluding hydrogens is 204 g/mol. The number of hydrogen-bond acceptors (Lipinski definition) is 2. The second kappa shape index (κ2) is 3.38. The number of carbonyl (C=O) groups is 1. The molecule has 0 saturated heterocycles. The van der Waals surface area contributed by atoms with Crippen molar-refractivity contribution in [2.45, 2.75) is 30.7 Å². The zero-order valence-electron chi connectivity index (χ0n) is 7.20. The highest BCUT2D eigenvalue weighted by Crippen LogP contribution is 2.32. The van der Waals surface area contributed by atoms with Crippen molar-refractivity contribution in [3.8, 4) is 0 Å². The molecule has 1 fully saturated rings. The van der Waals surface area contributed by atoms with Crippen LogP contribution >= 0.6 is 0 Å². The van der Waals surface area contributed by atoms with Gasteiger partial charge in [0, 0.05) is 0 Å². The van der Waals surface area contributed by atoms with Crippen LogP contribution in [-0.4, -0.2) is 30.3 Å². The highest BCUT2D eigenvalue weighted by Gasteiger charge is 2.48. The summed E-state index contributed by atoms with van der Waals surface area (Å²) in [5.41, 5.74) is 4.24. The summed E-state index contributed by atoms with van der Waals surface area (Å²) in [4.78, 5) is 11.0. The van der Waals surface area contributed by atoms with Crippen LogP contribution in [0, 0.1) is 0 Å². The largest absolute Gasteiger partial charge is 0.348 e. The standard InChI is InChI=1S/C7H10F4N2O/c8-4(9)7(10,11)3-13-5(14)6(12)1-2-6/h4H,1-3,12H2,(H,13,14). The van der Waals surface area contributed by atoms with Gasteiger partial charge in [-0.05, 0) is 12.8 Å². The third kappa shape index (κ3) is 2.34. The lowest BCUT2D eigenvalue weighted by molar-refractivity contribution is -0.137. The number of amides is 1. The molecule has 0 bridgehead atoms. The van der Waals surface area contributed by atoms with E-state index >= 15 is 0 Å². The van der Waals surface area contributed by atoms with Gasteiger partial charge in [-0.1, -0.05) is 0 Å². The van der Waals surface area contributed by atoms with Gasteiger partial charge in [0.15, 0.2) is 0 Å². The molecule has 7 heteroatoms. The zero-order chi connectivity index (χ0) is 11.0. The first-order valence-electron chi connectivity index (χ1n) is 4.01. The molecule has 1 aliphatic rings. The van der Waals surface area contributed by atoms with Crippen LogP contribution in [0.4, 0.5) is 17.6 Å². The molecule has 3 nitrogen and oxygen atoms in total. The van der Waals surface area contributed by atoms with E-state index in [9.17, 15) is 22.4 Å². The topological polar surface area (TPSA) is 55.1 Å². The molecule has 0 unspecified atom stereocenters. The predicted octanol–water partition coefficient (Wildman–Crippen LogP) is 0.494. The smallest absolute Gasteiger partial charge is 0.324 e. The molecule has 1 aliphatic carbocycles. The van der Waals surface area contributed by atoms with Crippen molar-refractivity contribution in [1.82, 2.24) is 5.32 Å². The number of nitrogens with one attached hydrogen (secondary N) is 1. The summed E-state index contributed by atoms with van der Waals surface area (Å²) in [6, 6.07) is 0. The monoisotopic (exact) mass is 214 g/mol. The number of rotatable bonds is 4. The Kier molecular flexibility index (Phi) is 2.71. The van der Waals surface area contributed by atoms with E-state index in [0.717, 1.165) is 0 Å². The Morgan fingerprint density at radius 2 is 2.00 bits per heavy atom. The van der Waals surface area contributed by atoms with Crippen molar-refractivity contribution >= 4 is 5.91 Å². The second-order valence-corrected chi connectivity index (χ2v) is 3.40. The summed E-state index contributed by atoms with van der Waals surface area (Å²) < 4.78 is 47.9. The van der Waals surface area contributed by atoms with E-state index in [1.54, 1.807) is 5.32 Å². The van der Waals surface area contributed by atoms with E-state index in [4.69, 9.17) is 5.73 Å². The fraction of sp³-hybridized carbons (Fsp3) is 0.857. The van der Waals surface area contributed by atoms with Crippen molar-refractivity contribution in [3.63, 3.8) is 0 Å². The van der Waals surface area contributed by atoms with Crippen molar-refractivity contribution in [1.29, 1.82) is 0 Å². The van der Waals surface area contributed by atoms with Gasteiger partial charge in [0.1, 0.15) is 0 Å². The van der Waals surface area contributed by atoms with Crippen molar-refractivity contribution in [2.24, 2.45) is 5.73 Å². The third-order valence-electron chi connectivity index (χ3n) is 2.04. The maximum Gasteiger partial charge on any atom is 0.324 e. The van der Waals surface area contributed by atoms with Gasteiger partial charge in [0.25, 0.3) is 0 Å². The number of nitrogens with two attached hydrogens (primary N) is 1. The molecule has 82 valence electrons. The van der Waals surface area contributed by atoms with Crippen molar-refractivity contribution < 1.29 is 22.4 Å². The number of alkyl halides is 4. The first-order chi connectivity index (χ1) is 6.28. The Bertz CT molecular complexity index is 240. The van der Waals surface area contributed by atoms with Crippen molar-refractivity contribution in [2.75, 3.05) is 6.54 Å². The summed E-state index contributed by atoms with van der Waals surface area (Å²) >= 11 is 0. The number of carbonyl (C=O) groups excluding carboxylic acids is 1. The van der Waals surface area contributed by atoms with Crippen LogP contribution in [0.1, 0.15) is 12.8 Å². The van der Waals surface area contributed by atoms with E-state index in [2.05, 4.69) is 0 Å². The van der Waals surface area contributed by atoms with Gasteiger partial charge in [-0.15, -0.1) is 0 Å². The highest BCUT2D eigenvalue weighted by atomic mass is 19.3. The molecule has 0 aliphatic heterocycles. The summed E-state index contributed by atoms with van der Waals surface area (Å²) in [6.45, 7) is -1.37. The lowest BCUT2D eigenvalue weighted by atomic mass is 10.2. The SMILES string of the molecule is NC1(C(=O)NCC(F)(F)C(F)F)CC1. The minimum atomic E-state index is -4.19. The average Bonchev–Trinajstić information content (AvgIpc) is 2.80. The summed E-state index contributed by atoms with van der Waals surface area (Å²) in [5.74, 6) is -4.99. The molecular formula is C7H10F4N2O. The molecule has 14 heavy (non-hydrogen) atoms. The third-order valence-corrected chi connectivity index (χ3v) is 2.04. The summed E-state index contributed by atoms with van der Waals surface area (Å²) in [6.07, 6.45) is -2.98. The van der Waals surface area contributed by atoms with Gasteiger partial charge < -0.3 is 11.1 Å². The van der Waals surface area contributed by atoms with Gasteiger partial charge in [-0.2, -0.15) is 8.78 Å². The Morgan fingerprint density at radius 3 is 2.36 bits per heavy atom. The number of hydrogen-bond donors (Lipinski definition) is 2. The van der Waals surface area contributed by atoms with Crippen LogP contribution in [0.3, 0.4) is 0 Å². The van der Waals surface area contributed by atoms with E-state index in [1.165, 1.54) is 0 Å². The molecule has 1 rings (SSSR count). The Labute approximate surface area is 77.6 Å². The van der Waals surface area contributed by atoms with E-state index in [0.29, 0.717) is 12.8 Å². The molecule has 0 aromatic rings. The molecule has 1 saturated carbocycles. The van der Waals surface area contributed by atoms with Gasteiger partial charge in [0.2, 0.25) is 5.91 Å². The summed E-state index contributed by atoms with van der Waals surface area (Å²) in [5, 5.41) is 1.71. The van der Waals surface area contributed by atoms with E-state index in [-0.39, 0.29) is 0 Å². The highest BCUT2D eigenvalue weighted by molar-refractivity contribution is 5.88. The van der Waals surface area contributed by atoms with Crippen LogP contribution in [0.2, 0.25) is 0 Å². The van der Waals surface area contributed by atoms with Gasteiger partial charge in [-0.3, -0.25) is 4.79 Å². The molecule has 1 amide bonds. The average molecular weight is 214 g/mol. The maximum atomic E-state index is 12.3. The lowest BCUT2D eigenvalue weighted by Gasteiger charge is -2.17. The normalized spacial score (nSPS) is 19.6. The molecule has 0 radical (unpaired) electrons. The van der Waals surface area contributed by atoms with E-state index in [1.807, 2.05) is 0 Å². The maximum absolute atomic E-state index is 12.3. The van der Waals surface area contributed by atoms with Crippen LogP contribution in [-0.2, 0) is 4.79 Å². The quantitative estimate of drug-likeness (QED) is 0.669. The molecule has 3 N–H and O–H groups in total. The molecule has 0 atom stereocenters. The van der Waals surface area contributed by atoms with E-state index < -0.39 is 30.3 Å². The minimum absolute atomic E-state index is 0.402. The van der Waals surface area contributed by atoms with Crippen LogP contribution < -0.4 is 11.1 Å². The Balaban J connectivity index is 2.37. The molecule has 0 aromatic carbocycles. The van der Waals surface area contributed by atoms with Crippen LogP contribution in [0.15, 0.2) is 0 Å². The van der Waals surface area contributed by atoms with Crippen LogP contribution in [0.25, 0.3) is 0 Å². The second-order valence-electron chi connectivity index (χ2n) is 3.40. The lowest BCUT2D eigenvalue weighted by Crippen LogP contribution is -2.48. The van der Waals surface area contributed by atoms with Gasteiger partial charge in [0.05, 0.1) is 12.1 Å². The Morgan fingerprint density at radius 1 is 1.50 bits per heavy atom. The first-order valence-corrected chi connectivity index (χ1v) is 4.01. The minimum Gasteiger partial charge on any atom is -0.348 e. The first kappa shape index (κ1) is 11.2. The van der Waals surface area contributed by atoms with Crippen LogP contribution in [0.5, 0.6) is 0 Å². The molecule has 0 spiro atoms. The predicted molar refractivity (Wildman–Crippen MR) is 40.1 cm³/mol. The molecule has 0 aromatic heterocycles. The van der Waals surface area contributed by atoms with Gasteiger partial charge >= 0.3 is 12.3 Å². The summed E-state index contributed by atoms with van der Waals surface area (Å²) in [7, 11) is 0.